The van der Waals surface area contributed by atoms with Crippen LogP contribution in [-0.2, 0) is 6.54 Å². The van der Waals surface area contributed by atoms with Crippen molar-refractivity contribution < 1.29 is 5.11 Å². The Kier molecular flexibility index (Phi) is 4.64. The molecule has 1 aromatic rings. The Morgan fingerprint density at radius 1 is 1.29 bits per heavy atom. The molecule has 1 rings (SSSR count). The highest BCUT2D eigenvalue weighted by atomic mass is 79.9. The molecule has 96 valence electrons. The third kappa shape index (κ3) is 3.95. The van der Waals surface area contributed by atoms with Gasteiger partial charge in [-0.05, 0) is 61.3 Å². The van der Waals surface area contributed by atoms with Crippen molar-refractivity contribution in [3.8, 4) is 0 Å². The molecule has 0 radical (unpaired) electrons. The number of nitrogens with one attached hydrogen (secondary N) is 1. The molecule has 17 heavy (non-hydrogen) atoms. The number of hydrogen-bond acceptors (Lipinski definition) is 2. The van der Waals surface area contributed by atoms with Gasteiger partial charge in [0.25, 0.3) is 0 Å². The van der Waals surface area contributed by atoms with Crippen LogP contribution < -0.4 is 5.32 Å². The van der Waals surface area contributed by atoms with Gasteiger partial charge in [0.1, 0.15) is 0 Å². The Labute approximate surface area is 117 Å². The first-order valence-electron chi connectivity index (χ1n) is 5.55. The first-order chi connectivity index (χ1) is 7.63. The van der Waals surface area contributed by atoms with Crippen molar-refractivity contribution in [3.05, 3.63) is 33.3 Å². The molecule has 0 atom stereocenters. The fourth-order valence-electron chi connectivity index (χ4n) is 1.19. The topological polar surface area (TPSA) is 32.3 Å². The van der Waals surface area contributed by atoms with Crippen LogP contribution in [-0.4, -0.2) is 16.2 Å². The third-order valence-electron chi connectivity index (χ3n) is 3.25. The van der Waals surface area contributed by atoms with Crippen LogP contribution in [0.3, 0.4) is 0 Å². The van der Waals surface area contributed by atoms with Crippen LogP contribution in [0.2, 0.25) is 5.02 Å². The van der Waals surface area contributed by atoms with Crippen molar-refractivity contribution in [1.82, 2.24) is 5.32 Å². The third-order valence-corrected chi connectivity index (χ3v) is 4.48. The van der Waals surface area contributed by atoms with E-state index >= 15 is 0 Å². The molecule has 0 fully saturated rings. The van der Waals surface area contributed by atoms with Crippen LogP contribution >= 0.6 is 27.5 Å². The molecule has 0 spiro atoms. The molecule has 0 amide bonds. The summed E-state index contributed by atoms with van der Waals surface area (Å²) >= 11 is 9.39. The molecule has 0 aliphatic rings. The predicted molar refractivity (Wildman–Crippen MR) is 76.4 cm³/mol. The van der Waals surface area contributed by atoms with E-state index in [-0.39, 0.29) is 5.54 Å². The Morgan fingerprint density at radius 3 is 2.35 bits per heavy atom. The highest BCUT2D eigenvalue weighted by Crippen LogP contribution is 2.25. The number of rotatable bonds is 4. The number of halogens is 2. The van der Waals surface area contributed by atoms with E-state index < -0.39 is 5.60 Å². The predicted octanol–water partition coefficient (Wildman–Crippen LogP) is 3.74. The molecule has 0 bridgehead atoms. The van der Waals surface area contributed by atoms with Crippen molar-refractivity contribution >= 4 is 27.5 Å². The van der Waals surface area contributed by atoms with E-state index in [0.717, 1.165) is 10.0 Å². The molecular formula is C13H19BrClNO. The summed E-state index contributed by atoms with van der Waals surface area (Å²) in [7, 11) is 0. The first kappa shape index (κ1) is 15.0. The highest BCUT2D eigenvalue weighted by Gasteiger charge is 2.34. The first-order valence-corrected chi connectivity index (χ1v) is 6.72. The molecular weight excluding hydrogens is 302 g/mol. The fraction of sp³-hybridized carbons (Fsp3) is 0.538. The summed E-state index contributed by atoms with van der Waals surface area (Å²) in [6, 6.07) is 5.85. The molecule has 0 aliphatic carbocycles. The van der Waals surface area contributed by atoms with Gasteiger partial charge in [0.05, 0.1) is 10.6 Å². The van der Waals surface area contributed by atoms with Gasteiger partial charge in [-0.1, -0.05) is 17.7 Å². The summed E-state index contributed by atoms with van der Waals surface area (Å²) in [5.74, 6) is 0. The lowest BCUT2D eigenvalue weighted by atomic mass is 9.86. The smallest absolute Gasteiger partial charge is 0.0767 e. The Hall–Kier alpha value is -0.0900. The van der Waals surface area contributed by atoms with Crippen LogP contribution in [0.15, 0.2) is 22.7 Å². The molecule has 2 nitrogen and oxygen atoms in total. The molecule has 1 aromatic carbocycles. The molecule has 0 aliphatic heterocycles. The van der Waals surface area contributed by atoms with E-state index in [4.69, 9.17) is 11.6 Å². The molecule has 0 unspecified atom stereocenters. The van der Waals surface area contributed by atoms with Crippen LogP contribution in [0.25, 0.3) is 0 Å². The van der Waals surface area contributed by atoms with E-state index in [9.17, 15) is 5.11 Å². The second kappa shape index (κ2) is 5.27. The van der Waals surface area contributed by atoms with Crippen molar-refractivity contribution in [2.75, 3.05) is 0 Å². The summed E-state index contributed by atoms with van der Waals surface area (Å²) in [5.41, 5.74) is -0.0610. The van der Waals surface area contributed by atoms with Gasteiger partial charge in [-0.15, -0.1) is 0 Å². The van der Waals surface area contributed by atoms with Crippen molar-refractivity contribution in [2.24, 2.45) is 0 Å². The summed E-state index contributed by atoms with van der Waals surface area (Å²) < 4.78 is 0.893. The minimum absolute atomic E-state index is 0.369. The van der Waals surface area contributed by atoms with Gasteiger partial charge in [-0.2, -0.15) is 0 Å². The van der Waals surface area contributed by atoms with Crippen molar-refractivity contribution in [3.63, 3.8) is 0 Å². The molecule has 0 aromatic heterocycles. The average Bonchev–Trinajstić information content (AvgIpc) is 2.18. The largest absolute Gasteiger partial charge is 0.389 e. The van der Waals surface area contributed by atoms with Crippen LogP contribution in [0.1, 0.15) is 33.3 Å². The lowest BCUT2D eigenvalue weighted by molar-refractivity contribution is -0.00531. The van der Waals surface area contributed by atoms with E-state index in [1.54, 1.807) is 13.8 Å². The number of benzene rings is 1. The minimum Gasteiger partial charge on any atom is -0.389 e. The van der Waals surface area contributed by atoms with Gasteiger partial charge in [0.2, 0.25) is 0 Å². The average molecular weight is 321 g/mol. The van der Waals surface area contributed by atoms with E-state index in [2.05, 4.69) is 21.2 Å². The Morgan fingerprint density at radius 2 is 1.88 bits per heavy atom. The van der Waals surface area contributed by atoms with E-state index in [1.165, 1.54) is 0 Å². The second-order valence-electron chi connectivity index (χ2n) is 5.29. The van der Waals surface area contributed by atoms with Gasteiger partial charge in [0, 0.05) is 16.6 Å². The fourth-order valence-corrected chi connectivity index (χ4v) is 1.64. The van der Waals surface area contributed by atoms with Crippen molar-refractivity contribution in [2.45, 2.75) is 45.4 Å². The van der Waals surface area contributed by atoms with Crippen LogP contribution in [0.5, 0.6) is 0 Å². The van der Waals surface area contributed by atoms with E-state index in [0.29, 0.717) is 11.6 Å². The standard InChI is InChI=1S/C13H19BrClNO/c1-12(2,13(3,4)17)16-8-9-5-6-10(14)11(15)7-9/h5-7,16-17H,8H2,1-4H3. The SMILES string of the molecule is CC(C)(O)C(C)(C)NCc1ccc(Br)c(Cl)c1. The molecule has 4 heteroatoms. The second-order valence-corrected chi connectivity index (χ2v) is 6.55. The molecule has 0 saturated carbocycles. The van der Waals surface area contributed by atoms with Gasteiger partial charge in [0.15, 0.2) is 0 Å². The molecule has 0 heterocycles. The summed E-state index contributed by atoms with van der Waals surface area (Å²) in [6.07, 6.45) is 0. The normalized spacial score (nSPS) is 12.9. The minimum atomic E-state index is -0.786. The lowest BCUT2D eigenvalue weighted by Gasteiger charge is -2.38. The number of aliphatic hydroxyl groups is 1. The summed E-state index contributed by atoms with van der Waals surface area (Å²) in [5, 5.41) is 14.1. The quantitative estimate of drug-likeness (QED) is 0.885. The zero-order chi connectivity index (χ0) is 13.3. The van der Waals surface area contributed by atoms with Crippen LogP contribution in [0, 0.1) is 0 Å². The van der Waals surface area contributed by atoms with Crippen LogP contribution in [0.4, 0.5) is 0 Å². The lowest BCUT2D eigenvalue weighted by Crippen LogP contribution is -2.55. The summed E-state index contributed by atoms with van der Waals surface area (Å²) in [6.45, 7) is 8.23. The van der Waals surface area contributed by atoms with Gasteiger partial charge < -0.3 is 10.4 Å². The monoisotopic (exact) mass is 319 g/mol. The molecule has 2 N–H and O–H groups in total. The Bertz CT molecular complexity index is 399. The zero-order valence-corrected chi connectivity index (χ0v) is 13.0. The van der Waals surface area contributed by atoms with Crippen molar-refractivity contribution in [1.29, 1.82) is 0 Å². The molecule has 0 saturated heterocycles. The van der Waals surface area contributed by atoms with Gasteiger partial charge in [-0.3, -0.25) is 0 Å². The highest BCUT2D eigenvalue weighted by molar-refractivity contribution is 9.10. The van der Waals surface area contributed by atoms with Gasteiger partial charge >= 0.3 is 0 Å². The van der Waals surface area contributed by atoms with E-state index in [1.807, 2.05) is 32.0 Å². The number of hydrogen-bond donors (Lipinski definition) is 2. The maximum Gasteiger partial charge on any atom is 0.0767 e. The summed E-state index contributed by atoms with van der Waals surface area (Å²) in [4.78, 5) is 0. The van der Waals surface area contributed by atoms with Gasteiger partial charge in [-0.25, -0.2) is 0 Å². The maximum absolute atomic E-state index is 10.0. The zero-order valence-electron chi connectivity index (χ0n) is 10.6. The maximum atomic E-state index is 10.0. The Balaban J connectivity index is 2.71.